The summed E-state index contributed by atoms with van der Waals surface area (Å²) in [6.45, 7) is 9.62. The summed E-state index contributed by atoms with van der Waals surface area (Å²) in [5.74, 6) is 0.767. The van der Waals surface area contributed by atoms with Crippen molar-refractivity contribution in [2.45, 2.75) is 40.5 Å². The molecule has 0 aliphatic heterocycles. The minimum atomic E-state index is -0.261. The Kier molecular flexibility index (Phi) is 6.56. The van der Waals surface area contributed by atoms with Gasteiger partial charge in [0.2, 0.25) is 5.82 Å². The van der Waals surface area contributed by atoms with E-state index in [1.807, 2.05) is 12.1 Å². The second kappa shape index (κ2) is 8.65. The van der Waals surface area contributed by atoms with Crippen molar-refractivity contribution in [3.8, 4) is 0 Å². The van der Waals surface area contributed by atoms with Gasteiger partial charge in [0.25, 0.3) is 11.8 Å². The Balaban J connectivity index is 2.19. The van der Waals surface area contributed by atoms with E-state index in [0.29, 0.717) is 36.1 Å². The molecule has 0 bridgehead atoms. The van der Waals surface area contributed by atoms with Gasteiger partial charge in [0.15, 0.2) is 5.69 Å². The van der Waals surface area contributed by atoms with E-state index in [1.165, 1.54) is 0 Å². The monoisotopic (exact) mass is 344 g/mol. The van der Waals surface area contributed by atoms with Crippen LogP contribution >= 0.6 is 0 Å². The third kappa shape index (κ3) is 5.05. The highest BCUT2D eigenvalue weighted by molar-refractivity contribution is 6.02. The van der Waals surface area contributed by atoms with Gasteiger partial charge in [-0.3, -0.25) is 14.0 Å². The van der Waals surface area contributed by atoms with E-state index >= 15 is 0 Å². The summed E-state index contributed by atoms with van der Waals surface area (Å²) in [7, 11) is 0. The Morgan fingerprint density at radius 2 is 1.60 bits per heavy atom. The SMILES string of the molecule is CC(C)CCNC(=O)c1nc(C(=O)NCCC(C)C)n2ccccc12. The molecule has 0 aliphatic carbocycles. The zero-order valence-electron chi connectivity index (χ0n) is 15.5. The van der Waals surface area contributed by atoms with Gasteiger partial charge in [-0.1, -0.05) is 33.8 Å². The maximum absolute atomic E-state index is 12.5. The van der Waals surface area contributed by atoms with Crippen LogP contribution in [0.15, 0.2) is 24.4 Å². The van der Waals surface area contributed by atoms with Crippen molar-refractivity contribution in [1.29, 1.82) is 0 Å². The summed E-state index contributed by atoms with van der Waals surface area (Å²) in [5, 5.41) is 5.77. The molecule has 0 saturated carbocycles. The summed E-state index contributed by atoms with van der Waals surface area (Å²) < 4.78 is 1.67. The summed E-state index contributed by atoms with van der Waals surface area (Å²) >= 11 is 0. The van der Waals surface area contributed by atoms with Gasteiger partial charge in [0.1, 0.15) is 0 Å². The number of rotatable bonds is 8. The first-order valence-electron chi connectivity index (χ1n) is 8.93. The highest BCUT2D eigenvalue weighted by Gasteiger charge is 2.21. The lowest BCUT2D eigenvalue weighted by atomic mass is 10.1. The molecule has 2 aromatic rings. The van der Waals surface area contributed by atoms with Gasteiger partial charge in [0.05, 0.1) is 5.52 Å². The standard InChI is InChI=1S/C19H28N4O2/c1-13(2)8-10-20-18(24)16-15-7-5-6-12-23(15)17(22-16)19(25)21-11-9-14(3)4/h5-7,12-14H,8-11H2,1-4H3,(H,20,24)(H,21,25). The largest absolute Gasteiger partial charge is 0.351 e. The molecule has 2 amide bonds. The van der Waals surface area contributed by atoms with Crippen LogP contribution in [-0.2, 0) is 0 Å². The predicted molar refractivity (Wildman–Crippen MR) is 98.8 cm³/mol. The smallest absolute Gasteiger partial charge is 0.287 e. The Hall–Kier alpha value is -2.37. The average molecular weight is 344 g/mol. The molecule has 2 N–H and O–H groups in total. The zero-order valence-corrected chi connectivity index (χ0v) is 15.5. The van der Waals surface area contributed by atoms with Crippen LogP contribution < -0.4 is 10.6 Å². The molecular weight excluding hydrogens is 316 g/mol. The molecule has 0 radical (unpaired) electrons. The van der Waals surface area contributed by atoms with Gasteiger partial charge >= 0.3 is 0 Å². The molecule has 6 nitrogen and oxygen atoms in total. The zero-order chi connectivity index (χ0) is 18.4. The molecule has 0 aliphatic rings. The number of pyridine rings is 1. The molecule has 0 unspecified atom stereocenters. The number of carbonyl (C=O) groups excluding carboxylic acids is 2. The van der Waals surface area contributed by atoms with E-state index in [2.05, 4.69) is 43.3 Å². The van der Waals surface area contributed by atoms with Gasteiger partial charge < -0.3 is 10.6 Å². The van der Waals surface area contributed by atoms with Crippen LogP contribution in [0.4, 0.5) is 0 Å². The number of aromatic nitrogens is 2. The minimum absolute atomic E-state index is 0.244. The van der Waals surface area contributed by atoms with Crippen molar-refractivity contribution in [1.82, 2.24) is 20.0 Å². The fourth-order valence-corrected chi connectivity index (χ4v) is 2.48. The molecule has 0 fully saturated rings. The van der Waals surface area contributed by atoms with Crippen LogP contribution in [0.25, 0.3) is 5.52 Å². The summed E-state index contributed by atoms with van der Waals surface area (Å²) in [4.78, 5) is 29.2. The van der Waals surface area contributed by atoms with E-state index < -0.39 is 0 Å². The Morgan fingerprint density at radius 1 is 1.00 bits per heavy atom. The van der Waals surface area contributed by atoms with E-state index in [4.69, 9.17) is 0 Å². The number of fused-ring (bicyclic) bond motifs is 1. The first kappa shape index (κ1) is 19.0. The van der Waals surface area contributed by atoms with Gasteiger partial charge in [-0.25, -0.2) is 4.98 Å². The van der Waals surface area contributed by atoms with Crippen LogP contribution in [0.3, 0.4) is 0 Å². The second-order valence-corrected chi connectivity index (χ2v) is 7.12. The first-order chi connectivity index (χ1) is 11.9. The molecule has 2 heterocycles. The summed E-state index contributed by atoms with van der Waals surface area (Å²) in [6, 6.07) is 5.46. The molecule has 25 heavy (non-hydrogen) atoms. The van der Waals surface area contributed by atoms with Crippen LogP contribution in [0.2, 0.25) is 0 Å². The first-order valence-corrected chi connectivity index (χ1v) is 8.93. The quantitative estimate of drug-likeness (QED) is 0.773. The molecule has 2 aromatic heterocycles. The maximum atomic E-state index is 12.5. The number of nitrogens with zero attached hydrogens (tertiary/aromatic N) is 2. The number of carbonyl (C=O) groups is 2. The summed E-state index contributed by atoms with van der Waals surface area (Å²) in [6.07, 6.45) is 3.56. The van der Waals surface area contributed by atoms with Crippen molar-refractivity contribution in [3.05, 3.63) is 35.9 Å². The molecule has 6 heteroatoms. The van der Waals surface area contributed by atoms with Crippen LogP contribution in [0.1, 0.15) is 61.6 Å². The van der Waals surface area contributed by atoms with Crippen LogP contribution in [0, 0.1) is 11.8 Å². The second-order valence-electron chi connectivity index (χ2n) is 7.12. The topological polar surface area (TPSA) is 75.5 Å². The molecule has 136 valence electrons. The molecule has 0 saturated heterocycles. The minimum Gasteiger partial charge on any atom is -0.351 e. The van der Waals surface area contributed by atoms with E-state index in [-0.39, 0.29) is 17.6 Å². The predicted octanol–water partition coefficient (Wildman–Crippen LogP) is 2.89. The fraction of sp³-hybridized carbons (Fsp3) is 0.526. The lowest BCUT2D eigenvalue weighted by Gasteiger charge is -2.06. The maximum Gasteiger partial charge on any atom is 0.287 e. The third-order valence-electron chi connectivity index (χ3n) is 3.98. The van der Waals surface area contributed by atoms with Gasteiger partial charge in [-0.05, 0) is 36.8 Å². The number of hydrogen-bond acceptors (Lipinski definition) is 3. The number of hydrogen-bond donors (Lipinski definition) is 2. The molecule has 0 spiro atoms. The van der Waals surface area contributed by atoms with E-state index in [9.17, 15) is 9.59 Å². The van der Waals surface area contributed by atoms with Gasteiger partial charge in [0, 0.05) is 19.3 Å². The highest BCUT2D eigenvalue weighted by atomic mass is 16.2. The Morgan fingerprint density at radius 3 is 2.20 bits per heavy atom. The lowest BCUT2D eigenvalue weighted by Crippen LogP contribution is -2.28. The fourth-order valence-electron chi connectivity index (χ4n) is 2.48. The van der Waals surface area contributed by atoms with Crippen molar-refractivity contribution in [2.75, 3.05) is 13.1 Å². The Bertz CT molecular complexity index is 674. The lowest BCUT2D eigenvalue weighted by molar-refractivity contribution is 0.0941. The normalized spacial score (nSPS) is 11.3. The number of amides is 2. The molecule has 0 aromatic carbocycles. The van der Waals surface area contributed by atoms with Gasteiger partial charge in [-0.15, -0.1) is 0 Å². The van der Waals surface area contributed by atoms with Crippen molar-refractivity contribution >= 4 is 17.3 Å². The third-order valence-corrected chi connectivity index (χ3v) is 3.98. The average Bonchev–Trinajstić information content (AvgIpc) is 2.93. The molecule has 0 atom stereocenters. The summed E-state index contributed by atoms with van der Waals surface area (Å²) in [5.41, 5.74) is 0.928. The van der Waals surface area contributed by atoms with Crippen LogP contribution in [-0.4, -0.2) is 34.3 Å². The van der Waals surface area contributed by atoms with Gasteiger partial charge in [-0.2, -0.15) is 0 Å². The van der Waals surface area contributed by atoms with E-state index in [1.54, 1.807) is 16.7 Å². The van der Waals surface area contributed by atoms with E-state index in [0.717, 1.165) is 12.8 Å². The molecular formula is C19H28N4O2. The van der Waals surface area contributed by atoms with Crippen molar-refractivity contribution in [3.63, 3.8) is 0 Å². The van der Waals surface area contributed by atoms with Crippen molar-refractivity contribution in [2.24, 2.45) is 11.8 Å². The molecule has 2 rings (SSSR count). The van der Waals surface area contributed by atoms with Crippen molar-refractivity contribution < 1.29 is 9.59 Å². The number of nitrogens with one attached hydrogen (secondary N) is 2. The highest BCUT2D eigenvalue weighted by Crippen LogP contribution is 2.13. The number of imidazole rings is 1. The Labute approximate surface area is 149 Å². The van der Waals surface area contributed by atoms with Crippen LogP contribution in [0.5, 0.6) is 0 Å².